The van der Waals surface area contributed by atoms with Crippen LogP contribution in [0.2, 0.25) is 0 Å². The molecule has 2 amide bonds. The summed E-state index contributed by atoms with van der Waals surface area (Å²) in [7, 11) is 0. The van der Waals surface area contributed by atoms with Crippen molar-refractivity contribution in [2.45, 2.75) is 84.6 Å². The van der Waals surface area contributed by atoms with Crippen LogP contribution in [0.25, 0.3) is 0 Å². The van der Waals surface area contributed by atoms with Crippen molar-refractivity contribution in [3.05, 3.63) is 0 Å². The Bertz CT molecular complexity index is 465. The number of rotatable bonds is 8. The highest BCUT2D eigenvalue weighted by Gasteiger charge is 2.55. The molecule has 1 atom stereocenters. The van der Waals surface area contributed by atoms with Crippen molar-refractivity contribution in [2.75, 3.05) is 6.54 Å². The Morgan fingerprint density at radius 1 is 1.00 bits per heavy atom. The van der Waals surface area contributed by atoms with Gasteiger partial charge in [0.25, 0.3) is 0 Å². The largest absolute Gasteiger partial charge is 0.354 e. The van der Waals surface area contributed by atoms with Gasteiger partial charge < -0.3 is 10.6 Å². The maximum Gasteiger partial charge on any atom is 0.242 e. The lowest BCUT2D eigenvalue weighted by atomic mass is 9.49. The molecule has 4 heteroatoms. The molecule has 4 aliphatic rings. The molecule has 4 fully saturated rings. The molecule has 0 spiro atoms. The summed E-state index contributed by atoms with van der Waals surface area (Å²) in [5.74, 6) is 2.51. The maximum absolute atomic E-state index is 13.2. The summed E-state index contributed by atoms with van der Waals surface area (Å²) >= 11 is 0. The Morgan fingerprint density at radius 2 is 1.56 bits per heavy atom. The summed E-state index contributed by atoms with van der Waals surface area (Å²) < 4.78 is 0. The van der Waals surface area contributed by atoms with E-state index in [9.17, 15) is 9.59 Å². The summed E-state index contributed by atoms with van der Waals surface area (Å²) in [6.07, 6.45) is 10.4. The topological polar surface area (TPSA) is 58.2 Å². The molecule has 1 unspecified atom stereocenters. The molecule has 0 aromatic rings. The third-order valence-corrected chi connectivity index (χ3v) is 6.84. The minimum absolute atomic E-state index is 0.0100. The van der Waals surface area contributed by atoms with Gasteiger partial charge in [-0.3, -0.25) is 9.59 Å². The summed E-state index contributed by atoms with van der Waals surface area (Å²) in [6, 6.07) is -0.401. The molecule has 25 heavy (non-hydrogen) atoms. The van der Waals surface area contributed by atoms with Crippen LogP contribution in [0.1, 0.15) is 78.6 Å². The van der Waals surface area contributed by atoms with Crippen LogP contribution in [0.15, 0.2) is 0 Å². The number of hydrogen-bond acceptors (Lipinski definition) is 2. The molecule has 0 aromatic heterocycles. The quantitative estimate of drug-likeness (QED) is 0.658. The van der Waals surface area contributed by atoms with Crippen LogP contribution >= 0.6 is 0 Å². The van der Waals surface area contributed by atoms with E-state index in [1.807, 2.05) is 13.8 Å². The maximum atomic E-state index is 13.2. The molecule has 4 rings (SSSR count). The van der Waals surface area contributed by atoms with Crippen LogP contribution < -0.4 is 10.6 Å². The lowest BCUT2D eigenvalue weighted by Crippen LogP contribution is -2.58. The van der Waals surface area contributed by atoms with E-state index in [4.69, 9.17) is 0 Å². The molecule has 4 aliphatic carbocycles. The van der Waals surface area contributed by atoms with Crippen molar-refractivity contribution < 1.29 is 9.59 Å². The fourth-order valence-corrected chi connectivity index (χ4v) is 5.91. The summed E-state index contributed by atoms with van der Waals surface area (Å²) in [4.78, 5) is 25.8. The Morgan fingerprint density at radius 3 is 2.04 bits per heavy atom. The van der Waals surface area contributed by atoms with Gasteiger partial charge in [-0.15, -0.1) is 0 Å². The third-order valence-electron chi connectivity index (χ3n) is 6.84. The van der Waals surface area contributed by atoms with Gasteiger partial charge in [0.1, 0.15) is 6.04 Å². The highest BCUT2D eigenvalue weighted by atomic mass is 16.2. The van der Waals surface area contributed by atoms with Crippen LogP contribution in [0.3, 0.4) is 0 Å². The number of carbonyl (C=O) groups is 2. The van der Waals surface area contributed by atoms with E-state index in [0.29, 0.717) is 6.54 Å². The van der Waals surface area contributed by atoms with Crippen molar-refractivity contribution in [1.29, 1.82) is 0 Å². The van der Waals surface area contributed by atoms with Gasteiger partial charge in [0, 0.05) is 12.0 Å². The zero-order valence-corrected chi connectivity index (χ0v) is 16.3. The smallest absolute Gasteiger partial charge is 0.242 e. The van der Waals surface area contributed by atoms with Crippen molar-refractivity contribution in [3.8, 4) is 0 Å². The Hall–Kier alpha value is -1.06. The first kappa shape index (κ1) is 18.7. The SMILES string of the molecule is CCCCCNC(=O)C(NC(=O)C12CC3CC(CC(C3)C1)C2)C(C)C. The molecule has 4 nitrogen and oxygen atoms in total. The summed E-state index contributed by atoms with van der Waals surface area (Å²) in [5, 5.41) is 6.19. The van der Waals surface area contributed by atoms with Gasteiger partial charge in [0.2, 0.25) is 11.8 Å². The molecule has 0 heterocycles. The lowest BCUT2D eigenvalue weighted by Gasteiger charge is -2.55. The standard InChI is InChI=1S/C21H36N2O2/c1-4-5-6-7-22-19(24)18(14(2)3)23-20(25)21-11-15-8-16(12-21)10-17(9-15)13-21/h14-18H,4-13H2,1-3H3,(H,22,24)(H,23,25). The van der Waals surface area contributed by atoms with E-state index < -0.39 is 6.04 Å². The lowest BCUT2D eigenvalue weighted by molar-refractivity contribution is -0.149. The first-order chi connectivity index (χ1) is 11.9. The highest BCUT2D eigenvalue weighted by molar-refractivity contribution is 5.90. The molecule has 4 saturated carbocycles. The van der Waals surface area contributed by atoms with Crippen LogP contribution in [-0.2, 0) is 9.59 Å². The van der Waals surface area contributed by atoms with Crippen molar-refractivity contribution in [1.82, 2.24) is 10.6 Å². The summed E-state index contributed by atoms with van der Waals surface area (Å²) in [6.45, 7) is 6.92. The van der Waals surface area contributed by atoms with Crippen molar-refractivity contribution in [3.63, 3.8) is 0 Å². The number of unbranched alkanes of at least 4 members (excludes halogenated alkanes) is 2. The van der Waals surface area contributed by atoms with Gasteiger partial charge in [-0.2, -0.15) is 0 Å². The molecule has 2 N–H and O–H groups in total. The number of amides is 2. The molecular weight excluding hydrogens is 312 g/mol. The minimum atomic E-state index is -0.401. The fourth-order valence-electron chi connectivity index (χ4n) is 5.91. The van der Waals surface area contributed by atoms with E-state index in [-0.39, 0.29) is 23.1 Å². The summed E-state index contributed by atoms with van der Waals surface area (Å²) in [5.41, 5.74) is -0.176. The molecule has 142 valence electrons. The van der Waals surface area contributed by atoms with E-state index in [0.717, 1.165) is 56.3 Å². The van der Waals surface area contributed by atoms with E-state index in [2.05, 4.69) is 17.6 Å². The van der Waals surface area contributed by atoms with Crippen molar-refractivity contribution in [2.24, 2.45) is 29.1 Å². The molecule has 4 bridgehead atoms. The van der Waals surface area contributed by atoms with Crippen LogP contribution in [0.4, 0.5) is 0 Å². The first-order valence-corrected chi connectivity index (χ1v) is 10.5. The van der Waals surface area contributed by atoms with Crippen LogP contribution in [0.5, 0.6) is 0 Å². The van der Waals surface area contributed by atoms with E-state index >= 15 is 0 Å². The van der Waals surface area contributed by atoms with Crippen LogP contribution in [0, 0.1) is 29.1 Å². The monoisotopic (exact) mass is 348 g/mol. The average Bonchev–Trinajstić information content (AvgIpc) is 2.54. The van der Waals surface area contributed by atoms with E-state index in [1.165, 1.54) is 19.3 Å². The van der Waals surface area contributed by atoms with Gasteiger partial charge in [-0.1, -0.05) is 33.6 Å². The van der Waals surface area contributed by atoms with Crippen LogP contribution in [-0.4, -0.2) is 24.4 Å². The second kappa shape index (κ2) is 7.67. The molecular formula is C21H36N2O2. The fraction of sp³-hybridized carbons (Fsp3) is 0.905. The number of nitrogens with one attached hydrogen (secondary N) is 2. The van der Waals surface area contributed by atoms with Gasteiger partial charge in [0.05, 0.1) is 0 Å². The predicted molar refractivity (Wildman–Crippen MR) is 99.9 cm³/mol. The molecule has 0 aliphatic heterocycles. The van der Waals surface area contributed by atoms with Gasteiger partial charge >= 0.3 is 0 Å². The second-order valence-corrected chi connectivity index (χ2v) is 9.39. The van der Waals surface area contributed by atoms with Crippen molar-refractivity contribution >= 4 is 11.8 Å². The highest BCUT2D eigenvalue weighted by Crippen LogP contribution is 2.60. The molecule has 0 saturated heterocycles. The normalized spacial score (nSPS) is 34.2. The Labute approximate surface area is 152 Å². The first-order valence-electron chi connectivity index (χ1n) is 10.5. The second-order valence-electron chi connectivity index (χ2n) is 9.39. The number of carbonyl (C=O) groups excluding carboxylic acids is 2. The van der Waals surface area contributed by atoms with Gasteiger partial charge in [-0.05, 0) is 68.6 Å². The third kappa shape index (κ3) is 4.03. The Balaban J connectivity index is 1.60. The minimum Gasteiger partial charge on any atom is -0.354 e. The molecule has 0 aromatic carbocycles. The Kier molecular flexibility index (Phi) is 5.75. The zero-order valence-electron chi connectivity index (χ0n) is 16.3. The molecule has 0 radical (unpaired) electrons. The predicted octanol–water partition coefficient (Wildman–Crippen LogP) is 3.65. The van der Waals surface area contributed by atoms with Gasteiger partial charge in [0.15, 0.2) is 0 Å². The average molecular weight is 349 g/mol. The zero-order chi connectivity index (χ0) is 18.0. The van der Waals surface area contributed by atoms with E-state index in [1.54, 1.807) is 0 Å². The van der Waals surface area contributed by atoms with Gasteiger partial charge in [-0.25, -0.2) is 0 Å². The number of hydrogen-bond donors (Lipinski definition) is 2.